The second-order valence-electron chi connectivity index (χ2n) is 5.78. The quantitative estimate of drug-likeness (QED) is 0.610. The monoisotopic (exact) mass is 370 g/mol. The van der Waals surface area contributed by atoms with E-state index in [4.69, 9.17) is 16.3 Å². The average molecular weight is 371 g/mol. The van der Waals surface area contributed by atoms with Crippen LogP contribution in [0.2, 0.25) is 5.02 Å². The standard InChI is InChI=1S/C19H19ClN4O2/c1-13-21-19(24-23-13)14-4-8-16(9-5-14)22-18(25)3-2-12-26-17-10-6-15(20)7-11-17/h4-11H,2-3,12H2,1H3,(H,22,25)(H,21,23,24). The van der Waals surface area contributed by atoms with Crippen LogP contribution in [0.1, 0.15) is 18.7 Å². The Kier molecular flexibility index (Phi) is 5.86. The van der Waals surface area contributed by atoms with Crippen molar-refractivity contribution < 1.29 is 9.53 Å². The van der Waals surface area contributed by atoms with Gasteiger partial charge in [0.2, 0.25) is 5.91 Å². The van der Waals surface area contributed by atoms with Crippen LogP contribution in [-0.2, 0) is 4.79 Å². The van der Waals surface area contributed by atoms with E-state index in [1.54, 1.807) is 24.3 Å². The topological polar surface area (TPSA) is 79.9 Å². The van der Waals surface area contributed by atoms with E-state index in [2.05, 4.69) is 20.5 Å². The van der Waals surface area contributed by atoms with Gasteiger partial charge in [0.25, 0.3) is 0 Å². The zero-order valence-corrected chi connectivity index (χ0v) is 15.1. The number of carbonyl (C=O) groups is 1. The third-order valence-corrected chi connectivity index (χ3v) is 3.91. The van der Waals surface area contributed by atoms with Crippen molar-refractivity contribution in [2.45, 2.75) is 19.8 Å². The summed E-state index contributed by atoms with van der Waals surface area (Å²) in [5.41, 5.74) is 1.63. The maximum Gasteiger partial charge on any atom is 0.224 e. The maximum absolute atomic E-state index is 12.0. The van der Waals surface area contributed by atoms with Crippen molar-refractivity contribution >= 4 is 23.2 Å². The maximum atomic E-state index is 12.0. The molecule has 134 valence electrons. The van der Waals surface area contributed by atoms with Crippen LogP contribution >= 0.6 is 11.6 Å². The number of hydrogen-bond donors (Lipinski definition) is 2. The fraction of sp³-hybridized carbons (Fsp3) is 0.211. The van der Waals surface area contributed by atoms with Crippen LogP contribution in [0.5, 0.6) is 5.75 Å². The van der Waals surface area contributed by atoms with Gasteiger partial charge < -0.3 is 10.1 Å². The molecule has 0 saturated heterocycles. The summed E-state index contributed by atoms with van der Waals surface area (Å²) in [6, 6.07) is 14.6. The number of ether oxygens (including phenoxy) is 1. The number of carbonyl (C=O) groups excluding carboxylic acids is 1. The van der Waals surface area contributed by atoms with E-state index in [1.807, 2.05) is 31.2 Å². The lowest BCUT2D eigenvalue weighted by Crippen LogP contribution is -2.12. The van der Waals surface area contributed by atoms with E-state index >= 15 is 0 Å². The zero-order valence-electron chi connectivity index (χ0n) is 14.3. The molecule has 0 bridgehead atoms. The molecule has 0 radical (unpaired) electrons. The van der Waals surface area contributed by atoms with Gasteiger partial charge in [-0.25, -0.2) is 4.98 Å². The normalized spacial score (nSPS) is 10.5. The van der Waals surface area contributed by atoms with E-state index in [1.165, 1.54) is 0 Å². The van der Waals surface area contributed by atoms with Crippen molar-refractivity contribution in [2.24, 2.45) is 0 Å². The van der Waals surface area contributed by atoms with E-state index in [-0.39, 0.29) is 5.91 Å². The summed E-state index contributed by atoms with van der Waals surface area (Å²) in [5.74, 6) is 2.09. The van der Waals surface area contributed by atoms with Crippen LogP contribution < -0.4 is 10.1 Å². The number of aryl methyl sites for hydroxylation is 1. The average Bonchev–Trinajstić information content (AvgIpc) is 3.07. The molecule has 0 spiro atoms. The van der Waals surface area contributed by atoms with Gasteiger partial charge in [-0.1, -0.05) is 11.6 Å². The number of benzene rings is 2. The van der Waals surface area contributed by atoms with Crippen molar-refractivity contribution in [1.29, 1.82) is 0 Å². The van der Waals surface area contributed by atoms with E-state index in [0.29, 0.717) is 30.3 Å². The number of aromatic amines is 1. The van der Waals surface area contributed by atoms with Gasteiger partial charge in [0.05, 0.1) is 6.61 Å². The van der Waals surface area contributed by atoms with Gasteiger partial charge in [0, 0.05) is 22.7 Å². The lowest BCUT2D eigenvalue weighted by molar-refractivity contribution is -0.116. The van der Waals surface area contributed by atoms with Crippen molar-refractivity contribution in [3.63, 3.8) is 0 Å². The van der Waals surface area contributed by atoms with Gasteiger partial charge in [0.1, 0.15) is 11.6 Å². The Morgan fingerprint density at radius 2 is 1.88 bits per heavy atom. The highest BCUT2D eigenvalue weighted by Gasteiger charge is 2.06. The van der Waals surface area contributed by atoms with Crippen LogP contribution in [0, 0.1) is 6.92 Å². The highest BCUT2D eigenvalue weighted by atomic mass is 35.5. The minimum atomic E-state index is -0.0498. The molecule has 2 aromatic carbocycles. The summed E-state index contributed by atoms with van der Waals surface area (Å²) in [5, 5.41) is 10.5. The molecule has 0 aliphatic heterocycles. The summed E-state index contributed by atoms with van der Waals surface area (Å²) in [4.78, 5) is 16.3. The number of nitrogens with one attached hydrogen (secondary N) is 2. The molecular weight excluding hydrogens is 352 g/mol. The first-order valence-electron chi connectivity index (χ1n) is 8.28. The molecule has 7 heteroatoms. The first-order valence-corrected chi connectivity index (χ1v) is 8.65. The Bertz CT molecular complexity index is 860. The van der Waals surface area contributed by atoms with E-state index in [0.717, 1.165) is 22.8 Å². The molecule has 1 amide bonds. The number of anilines is 1. The van der Waals surface area contributed by atoms with Gasteiger partial charge in [-0.3, -0.25) is 9.89 Å². The van der Waals surface area contributed by atoms with Gasteiger partial charge in [0.15, 0.2) is 5.82 Å². The molecule has 0 saturated carbocycles. The van der Waals surface area contributed by atoms with Crippen molar-refractivity contribution in [3.8, 4) is 17.1 Å². The third-order valence-electron chi connectivity index (χ3n) is 3.65. The van der Waals surface area contributed by atoms with Crippen molar-refractivity contribution in [2.75, 3.05) is 11.9 Å². The van der Waals surface area contributed by atoms with Crippen LogP contribution in [0.15, 0.2) is 48.5 Å². The van der Waals surface area contributed by atoms with Crippen LogP contribution in [-0.4, -0.2) is 27.7 Å². The second-order valence-corrected chi connectivity index (χ2v) is 6.21. The lowest BCUT2D eigenvalue weighted by atomic mass is 10.2. The molecular formula is C19H19ClN4O2. The molecule has 1 aromatic heterocycles. The minimum Gasteiger partial charge on any atom is -0.494 e. The molecule has 0 fully saturated rings. The summed E-state index contributed by atoms with van der Waals surface area (Å²) < 4.78 is 5.57. The first kappa shape index (κ1) is 17.9. The molecule has 26 heavy (non-hydrogen) atoms. The number of aromatic nitrogens is 3. The highest BCUT2D eigenvalue weighted by Crippen LogP contribution is 2.18. The van der Waals surface area contributed by atoms with Gasteiger partial charge >= 0.3 is 0 Å². The molecule has 3 aromatic rings. The smallest absolute Gasteiger partial charge is 0.224 e. The predicted octanol–water partition coefficient (Wildman–Crippen LogP) is 4.23. The highest BCUT2D eigenvalue weighted by molar-refractivity contribution is 6.30. The minimum absolute atomic E-state index is 0.0498. The van der Waals surface area contributed by atoms with Gasteiger partial charge in [-0.15, -0.1) is 0 Å². The second kappa shape index (κ2) is 8.49. The third kappa shape index (κ3) is 5.07. The fourth-order valence-electron chi connectivity index (χ4n) is 2.35. The molecule has 0 aliphatic rings. The number of halogens is 1. The Labute approximate surface area is 156 Å². The largest absolute Gasteiger partial charge is 0.494 e. The molecule has 0 atom stereocenters. The molecule has 2 N–H and O–H groups in total. The van der Waals surface area contributed by atoms with Crippen LogP contribution in [0.3, 0.4) is 0 Å². The summed E-state index contributed by atoms with van der Waals surface area (Å²) in [7, 11) is 0. The molecule has 6 nitrogen and oxygen atoms in total. The van der Waals surface area contributed by atoms with Crippen LogP contribution in [0.4, 0.5) is 5.69 Å². The Morgan fingerprint density at radius 3 is 2.54 bits per heavy atom. The van der Waals surface area contributed by atoms with Crippen molar-refractivity contribution in [1.82, 2.24) is 15.2 Å². The SMILES string of the molecule is Cc1nc(-c2ccc(NC(=O)CCCOc3ccc(Cl)cc3)cc2)n[nH]1. The number of amides is 1. The molecule has 0 aliphatic carbocycles. The van der Waals surface area contributed by atoms with E-state index < -0.39 is 0 Å². The van der Waals surface area contributed by atoms with Gasteiger partial charge in [-0.2, -0.15) is 5.10 Å². The van der Waals surface area contributed by atoms with E-state index in [9.17, 15) is 4.79 Å². The zero-order chi connectivity index (χ0) is 18.4. The number of H-pyrrole nitrogens is 1. The Balaban J connectivity index is 1.42. The van der Waals surface area contributed by atoms with Crippen LogP contribution in [0.25, 0.3) is 11.4 Å². The fourth-order valence-corrected chi connectivity index (χ4v) is 2.48. The summed E-state index contributed by atoms with van der Waals surface area (Å²) in [6.07, 6.45) is 1.01. The van der Waals surface area contributed by atoms with Gasteiger partial charge in [-0.05, 0) is 61.9 Å². The summed E-state index contributed by atoms with van der Waals surface area (Å²) >= 11 is 5.82. The Morgan fingerprint density at radius 1 is 1.15 bits per heavy atom. The lowest BCUT2D eigenvalue weighted by Gasteiger charge is -2.07. The number of hydrogen-bond acceptors (Lipinski definition) is 4. The number of nitrogens with zero attached hydrogens (tertiary/aromatic N) is 2. The molecule has 3 rings (SSSR count). The number of rotatable bonds is 7. The Hall–Kier alpha value is -2.86. The van der Waals surface area contributed by atoms with Crippen molar-refractivity contribution in [3.05, 3.63) is 59.4 Å². The molecule has 1 heterocycles. The predicted molar refractivity (Wildman–Crippen MR) is 101 cm³/mol. The summed E-state index contributed by atoms with van der Waals surface area (Å²) in [6.45, 7) is 2.32. The first-order chi connectivity index (χ1) is 12.6. The molecule has 0 unspecified atom stereocenters.